The van der Waals surface area contributed by atoms with Crippen LogP contribution in [-0.4, -0.2) is 37.3 Å². The van der Waals surface area contributed by atoms with Gasteiger partial charge in [0.15, 0.2) is 0 Å². The summed E-state index contributed by atoms with van der Waals surface area (Å²) in [5.74, 6) is 3.57. The molecular weight excluding hydrogens is 358 g/mol. The van der Waals surface area contributed by atoms with Gasteiger partial charge in [0.05, 0.1) is 12.7 Å². The van der Waals surface area contributed by atoms with Gasteiger partial charge in [0.2, 0.25) is 0 Å². The van der Waals surface area contributed by atoms with Crippen LogP contribution in [0.4, 0.5) is 0 Å². The molecule has 1 aliphatic carbocycles. The van der Waals surface area contributed by atoms with E-state index in [0.29, 0.717) is 0 Å². The fourth-order valence-electron chi connectivity index (χ4n) is 5.73. The lowest BCUT2D eigenvalue weighted by Gasteiger charge is -2.43. The minimum Gasteiger partial charge on any atom is -0.497 e. The van der Waals surface area contributed by atoms with Gasteiger partial charge in [-0.15, -0.1) is 0 Å². The van der Waals surface area contributed by atoms with Crippen molar-refractivity contribution in [3.63, 3.8) is 0 Å². The molecule has 2 atom stereocenters. The maximum atomic E-state index is 6.06. The van der Waals surface area contributed by atoms with Crippen molar-refractivity contribution in [1.82, 2.24) is 4.90 Å². The summed E-state index contributed by atoms with van der Waals surface area (Å²) in [6, 6.07) is 8.58. The van der Waals surface area contributed by atoms with Crippen LogP contribution in [0.1, 0.15) is 77.7 Å². The molecule has 0 radical (unpaired) electrons. The highest BCUT2D eigenvalue weighted by Gasteiger charge is 2.37. The lowest BCUT2D eigenvalue weighted by molar-refractivity contribution is -0.0901. The van der Waals surface area contributed by atoms with Gasteiger partial charge in [-0.3, -0.25) is 4.90 Å². The molecule has 1 saturated carbocycles. The SMILES string of the molecule is CCN(CCC(C1CCCCC1)C1CCOC(C)(C)C1)Cc1ccc(OC)cc1. The van der Waals surface area contributed by atoms with Crippen molar-refractivity contribution >= 4 is 0 Å². The predicted octanol–water partition coefficient (Wildman–Crippen LogP) is 6.31. The van der Waals surface area contributed by atoms with Crippen molar-refractivity contribution in [3.8, 4) is 5.75 Å². The maximum Gasteiger partial charge on any atom is 0.118 e. The van der Waals surface area contributed by atoms with Crippen LogP contribution in [-0.2, 0) is 11.3 Å². The number of nitrogens with zero attached hydrogens (tertiary/aromatic N) is 1. The summed E-state index contributed by atoms with van der Waals surface area (Å²) in [5.41, 5.74) is 1.44. The Morgan fingerprint density at radius 3 is 2.41 bits per heavy atom. The molecule has 1 heterocycles. The minimum atomic E-state index is 0.0589. The van der Waals surface area contributed by atoms with Crippen LogP contribution in [0.25, 0.3) is 0 Å². The minimum absolute atomic E-state index is 0.0589. The molecule has 0 aromatic heterocycles. The van der Waals surface area contributed by atoms with Crippen molar-refractivity contribution in [2.45, 2.75) is 84.3 Å². The largest absolute Gasteiger partial charge is 0.497 e. The van der Waals surface area contributed by atoms with Gasteiger partial charge in [-0.1, -0.05) is 51.2 Å². The van der Waals surface area contributed by atoms with Gasteiger partial charge >= 0.3 is 0 Å². The molecule has 0 N–H and O–H groups in total. The van der Waals surface area contributed by atoms with Gasteiger partial charge in [0, 0.05) is 13.2 Å². The van der Waals surface area contributed by atoms with E-state index in [9.17, 15) is 0 Å². The number of rotatable bonds is 9. The van der Waals surface area contributed by atoms with E-state index < -0.39 is 0 Å². The van der Waals surface area contributed by atoms with Crippen molar-refractivity contribution in [3.05, 3.63) is 29.8 Å². The smallest absolute Gasteiger partial charge is 0.118 e. The van der Waals surface area contributed by atoms with Crippen LogP contribution in [0.2, 0.25) is 0 Å². The third-order valence-corrected chi connectivity index (χ3v) is 7.39. The first-order valence-electron chi connectivity index (χ1n) is 12.0. The highest BCUT2D eigenvalue weighted by Crippen LogP contribution is 2.42. The Morgan fingerprint density at radius 2 is 1.79 bits per heavy atom. The third kappa shape index (κ3) is 6.72. The first-order chi connectivity index (χ1) is 14.0. The van der Waals surface area contributed by atoms with Crippen LogP contribution in [0, 0.1) is 17.8 Å². The summed E-state index contributed by atoms with van der Waals surface area (Å²) in [6.45, 7) is 11.2. The zero-order valence-corrected chi connectivity index (χ0v) is 19.3. The molecule has 2 unspecified atom stereocenters. The summed E-state index contributed by atoms with van der Waals surface area (Å²) in [6.07, 6.45) is 11.1. The van der Waals surface area contributed by atoms with Gasteiger partial charge in [0.25, 0.3) is 0 Å². The zero-order valence-electron chi connectivity index (χ0n) is 19.3. The van der Waals surface area contributed by atoms with E-state index in [2.05, 4.69) is 49.9 Å². The number of hydrogen-bond donors (Lipinski definition) is 0. The molecule has 2 fully saturated rings. The first kappa shape index (κ1) is 22.6. The molecule has 0 bridgehead atoms. The molecule has 0 spiro atoms. The zero-order chi connectivity index (χ0) is 20.7. The van der Waals surface area contributed by atoms with Gasteiger partial charge in [-0.25, -0.2) is 0 Å². The average molecular weight is 402 g/mol. The van der Waals surface area contributed by atoms with Crippen molar-refractivity contribution in [1.29, 1.82) is 0 Å². The van der Waals surface area contributed by atoms with Gasteiger partial charge in [-0.2, -0.15) is 0 Å². The average Bonchev–Trinajstić information content (AvgIpc) is 2.73. The van der Waals surface area contributed by atoms with E-state index in [0.717, 1.165) is 43.2 Å². The Bertz CT molecular complexity index is 591. The highest BCUT2D eigenvalue weighted by atomic mass is 16.5. The maximum absolute atomic E-state index is 6.06. The van der Waals surface area contributed by atoms with Gasteiger partial charge in [0.1, 0.15) is 5.75 Å². The Morgan fingerprint density at radius 1 is 1.07 bits per heavy atom. The molecule has 164 valence electrons. The molecular formula is C26H43NO2. The first-order valence-corrected chi connectivity index (χ1v) is 12.0. The quantitative estimate of drug-likeness (QED) is 0.484. The van der Waals surface area contributed by atoms with Gasteiger partial charge in [-0.05, 0) is 81.6 Å². The number of methoxy groups -OCH3 is 1. The van der Waals surface area contributed by atoms with E-state index in [1.807, 2.05) is 0 Å². The van der Waals surface area contributed by atoms with Crippen molar-refractivity contribution in [2.75, 3.05) is 26.8 Å². The van der Waals surface area contributed by atoms with Crippen LogP contribution >= 0.6 is 0 Å². The van der Waals surface area contributed by atoms with Crippen molar-refractivity contribution < 1.29 is 9.47 Å². The van der Waals surface area contributed by atoms with E-state index in [4.69, 9.17) is 9.47 Å². The highest BCUT2D eigenvalue weighted by molar-refractivity contribution is 5.27. The fourth-order valence-corrected chi connectivity index (χ4v) is 5.73. The summed E-state index contributed by atoms with van der Waals surface area (Å²) in [5, 5.41) is 0. The topological polar surface area (TPSA) is 21.7 Å². The van der Waals surface area contributed by atoms with E-state index in [1.165, 1.54) is 63.5 Å². The Balaban J connectivity index is 1.62. The molecule has 0 amide bonds. The lowest BCUT2D eigenvalue weighted by Crippen LogP contribution is -2.40. The van der Waals surface area contributed by atoms with E-state index in [1.54, 1.807) is 7.11 Å². The summed E-state index contributed by atoms with van der Waals surface area (Å²) in [7, 11) is 1.73. The Labute approximate surface area is 179 Å². The molecule has 1 aromatic carbocycles. The normalized spacial score (nSPS) is 23.8. The molecule has 1 aliphatic heterocycles. The number of ether oxygens (including phenoxy) is 2. The molecule has 3 rings (SSSR count). The Kier molecular flexibility index (Phi) is 8.44. The number of benzene rings is 1. The second-order valence-electron chi connectivity index (χ2n) is 9.93. The van der Waals surface area contributed by atoms with Gasteiger partial charge < -0.3 is 9.47 Å². The molecule has 2 aliphatic rings. The molecule has 29 heavy (non-hydrogen) atoms. The fraction of sp³-hybridized carbons (Fsp3) is 0.769. The Hall–Kier alpha value is -1.06. The van der Waals surface area contributed by atoms with Crippen LogP contribution in [0.3, 0.4) is 0 Å². The standard InChI is InChI=1S/C26H43NO2/c1-5-27(20-21-11-13-24(28-4)14-12-21)17-15-25(22-9-7-6-8-10-22)23-16-18-29-26(2,3)19-23/h11-14,22-23,25H,5-10,15-20H2,1-4H3. The monoisotopic (exact) mass is 401 g/mol. The molecule has 3 heteroatoms. The van der Waals surface area contributed by atoms with E-state index in [-0.39, 0.29) is 5.60 Å². The van der Waals surface area contributed by atoms with Crippen molar-refractivity contribution in [2.24, 2.45) is 17.8 Å². The molecule has 3 nitrogen and oxygen atoms in total. The van der Waals surface area contributed by atoms with Crippen LogP contribution in [0.15, 0.2) is 24.3 Å². The van der Waals surface area contributed by atoms with Crippen LogP contribution < -0.4 is 4.74 Å². The second kappa shape index (κ2) is 10.8. The second-order valence-corrected chi connectivity index (χ2v) is 9.93. The molecule has 1 aromatic rings. The summed E-state index contributed by atoms with van der Waals surface area (Å²) in [4.78, 5) is 2.63. The van der Waals surface area contributed by atoms with Crippen LogP contribution in [0.5, 0.6) is 5.75 Å². The summed E-state index contributed by atoms with van der Waals surface area (Å²) >= 11 is 0. The third-order valence-electron chi connectivity index (χ3n) is 7.39. The van der Waals surface area contributed by atoms with E-state index >= 15 is 0 Å². The summed E-state index contributed by atoms with van der Waals surface area (Å²) < 4.78 is 11.4. The lowest BCUT2D eigenvalue weighted by atomic mass is 9.68. The predicted molar refractivity (Wildman–Crippen MR) is 121 cm³/mol. The number of hydrogen-bond acceptors (Lipinski definition) is 3. The molecule has 1 saturated heterocycles.